The van der Waals surface area contributed by atoms with E-state index in [1.165, 1.54) is 29.0 Å². The molecule has 0 spiro atoms. The minimum absolute atomic E-state index is 0.728. The second kappa shape index (κ2) is 6.46. The molecular weight excluding hydrogens is 346 g/mol. The highest BCUT2D eigenvalue weighted by Gasteiger charge is 2.21. The van der Waals surface area contributed by atoms with E-state index in [4.69, 9.17) is 0 Å². The Hall–Kier alpha value is -0.910. The molecule has 3 nitrogen and oxygen atoms in total. The minimum Gasteiger partial charge on any atom is -0.369 e. The zero-order valence-corrected chi connectivity index (χ0v) is 14.8. The van der Waals surface area contributed by atoms with Crippen LogP contribution < -0.4 is 10.2 Å². The SMILES string of the molecule is Cc1ncsc1CN(C)c1ccc(Br)cc1CNC1CC1. The van der Waals surface area contributed by atoms with Crippen LogP contribution in [-0.2, 0) is 13.1 Å². The summed E-state index contributed by atoms with van der Waals surface area (Å²) in [6.07, 6.45) is 2.64. The third-order valence-corrected chi connectivity index (χ3v) is 5.25. The van der Waals surface area contributed by atoms with Crippen LogP contribution in [0.3, 0.4) is 0 Å². The summed E-state index contributed by atoms with van der Waals surface area (Å²) >= 11 is 5.32. The summed E-state index contributed by atoms with van der Waals surface area (Å²) in [4.78, 5) is 7.99. The third kappa shape index (κ3) is 3.84. The lowest BCUT2D eigenvalue weighted by molar-refractivity contribution is 0.685. The summed E-state index contributed by atoms with van der Waals surface area (Å²) < 4.78 is 1.14. The number of benzene rings is 1. The van der Waals surface area contributed by atoms with Crippen molar-refractivity contribution >= 4 is 33.0 Å². The number of halogens is 1. The molecule has 0 unspecified atom stereocenters. The van der Waals surface area contributed by atoms with Gasteiger partial charge in [-0.25, -0.2) is 4.98 Å². The first-order chi connectivity index (χ1) is 10.1. The van der Waals surface area contributed by atoms with Crippen LogP contribution in [0, 0.1) is 6.92 Å². The lowest BCUT2D eigenvalue weighted by Crippen LogP contribution is -2.21. The molecule has 0 atom stereocenters. The van der Waals surface area contributed by atoms with Crippen molar-refractivity contribution in [1.82, 2.24) is 10.3 Å². The van der Waals surface area contributed by atoms with Gasteiger partial charge in [-0.2, -0.15) is 0 Å². The normalized spacial score (nSPS) is 14.4. The summed E-state index contributed by atoms with van der Waals surface area (Å²) in [6.45, 7) is 3.93. The van der Waals surface area contributed by atoms with Crippen molar-refractivity contribution in [3.8, 4) is 0 Å². The molecule has 3 rings (SSSR count). The Kier molecular flexibility index (Phi) is 4.62. The first kappa shape index (κ1) is 15.0. The monoisotopic (exact) mass is 365 g/mol. The minimum atomic E-state index is 0.728. The molecule has 1 aromatic carbocycles. The summed E-state index contributed by atoms with van der Waals surface area (Å²) in [5.41, 5.74) is 5.71. The van der Waals surface area contributed by atoms with Gasteiger partial charge in [0, 0.05) is 34.7 Å². The summed E-state index contributed by atoms with van der Waals surface area (Å²) in [6, 6.07) is 7.27. The van der Waals surface area contributed by atoms with E-state index in [-0.39, 0.29) is 0 Å². The number of anilines is 1. The fourth-order valence-corrected chi connectivity index (χ4v) is 3.63. The maximum atomic E-state index is 4.34. The van der Waals surface area contributed by atoms with Gasteiger partial charge in [0.05, 0.1) is 17.7 Å². The Labute approximate surface area is 138 Å². The molecule has 1 aromatic heterocycles. The zero-order valence-electron chi connectivity index (χ0n) is 12.4. The smallest absolute Gasteiger partial charge is 0.0798 e. The van der Waals surface area contributed by atoms with Gasteiger partial charge in [0.25, 0.3) is 0 Å². The van der Waals surface area contributed by atoms with Crippen LogP contribution in [-0.4, -0.2) is 18.1 Å². The van der Waals surface area contributed by atoms with Crippen LogP contribution in [0.25, 0.3) is 0 Å². The number of hydrogen-bond acceptors (Lipinski definition) is 4. The quantitative estimate of drug-likeness (QED) is 0.834. The van der Waals surface area contributed by atoms with Gasteiger partial charge in [-0.3, -0.25) is 0 Å². The summed E-state index contributed by atoms with van der Waals surface area (Å²) in [5, 5.41) is 3.61. The predicted molar refractivity (Wildman–Crippen MR) is 93.0 cm³/mol. The van der Waals surface area contributed by atoms with Crippen molar-refractivity contribution in [2.24, 2.45) is 0 Å². The molecule has 2 aromatic rings. The highest BCUT2D eigenvalue weighted by atomic mass is 79.9. The lowest BCUT2D eigenvalue weighted by Gasteiger charge is -2.23. The van der Waals surface area contributed by atoms with Crippen LogP contribution in [0.15, 0.2) is 28.2 Å². The Morgan fingerprint density at radius 1 is 1.43 bits per heavy atom. The topological polar surface area (TPSA) is 28.2 Å². The average molecular weight is 366 g/mol. The Morgan fingerprint density at radius 2 is 2.24 bits per heavy atom. The van der Waals surface area contributed by atoms with Gasteiger partial charge in [0.15, 0.2) is 0 Å². The Balaban J connectivity index is 1.77. The van der Waals surface area contributed by atoms with Gasteiger partial charge in [0.1, 0.15) is 0 Å². The summed E-state index contributed by atoms with van der Waals surface area (Å²) in [5.74, 6) is 0. The molecule has 0 radical (unpaired) electrons. The van der Waals surface area contributed by atoms with Gasteiger partial charge < -0.3 is 10.2 Å². The Morgan fingerprint density at radius 3 is 2.90 bits per heavy atom. The van der Waals surface area contributed by atoms with Crippen LogP contribution in [0.1, 0.15) is 29.0 Å². The fraction of sp³-hybridized carbons (Fsp3) is 0.438. The van der Waals surface area contributed by atoms with Crippen molar-refractivity contribution in [2.45, 2.75) is 38.9 Å². The molecule has 0 saturated heterocycles. The van der Waals surface area contributed by atoms with Gasteiger partial charge in [-0.05, 0) is 43.5 Å². The molecule has 1 saturated carbocycles. The fourth-order valence-electron chi connectivity index (χ4n) is 2.39. The molecule has 21 heavy (non-hydrogen) atoms. The van der Waals surface area contributed by atoms with Gasteiger partial charge >= 0.3 is 0 Å². The predicted octanol–water partition coefficient (Wildman–Crippen LogP) is 4.10. The third-order valence-electron chi connectivity index (χ3n) is 3.84. The molecule has 1 heterocycles. The maximum absolute atomic E-state index is 4.34. The standard InChI is InChI=1S/C16H20BrN3S/c1-11-16(21-10-19-11)9-20(2)15-6-3-13(17)7-12(15)8-18-14-4-5-14/h3,6-7,10,14,18H,4-5,8-9H2,1-2H3. The highest BCUT2D eigenvalue weighted by Crippen LogP contribution is 2.28. The number of thiazole rings is 1. The van der Waals surface area contributed by atoms with Crippen LogP contribution >= 0.6 is 27.3 Å². The first-order valence-electron chi connectivity index (χ1n) is 7.25. The van der Waals surface area contributed by atoms with Crippen molar-refractivity contribution in [3.63, 3.8) is 0 Å². The largest absolute Gasteiger partial charge is 0.369 e. The number of aryl methyl sites for hydroxylation is 1. The van der Waals surface area contributed by atoms with Crippen molar-refractivity contribution in [3.05, 3.63) is 44.3 Å². The molecule has 1 aliphatic rings. The van der Waals surface area contributed by atoms with E-state index in [0.29, 0.717) is 0 Å². The zero-order chi connectivity index (χ0) is 14.8. The van der Waals surface area contributed by atoms with E-state index in [2.05, 4.69) is 63.3 Å². The van der Waals surface area contributed by atoms with Crippen LogP contribution in [0.5, 0.6) is 0 Å². The van der Waals surface area contributed by atoms with E-state index in [9.17, 15) is 0 Å². The second-order valence-electron chi connectivity index (χ2n) is 5.65. The molecule has 5 heteroatoms. The number of nitrogens with one attached hydrogen (secondary N) is 1. The van der Waals surface area contributed by atoms with E-state index >= 15 is 0 Å². The first-order valence-corrected chi connectivity index (χ1v) is 8.92. The highest BCUT2D eigenvalue weighted by molar-refractivity contribution is 9.10. The number of nitrogens with zero attached hydrogens (tertiary/aromatic N) is 2. The molecule has 0 amide bonds. The van der Waals surface area contributed by atoms with E-state index in [1.54, 1.807) is 11.3 Å². The summed E-state index contributed by atoms with van der Waals surface area (Å²) in [7, 11) is 2.16. The van der Waals surface area contributed by atoms with Gasteiger partial charge in [0.2, 0.25) is 0 Å². The van der Waals surface area contributed by atoms with Crippen LogP contribution in [0.4, 0.5) is 5.69 Å². The molecule has 1 N–H and O–H groups in total. The van der Waals surface area contributed by atoms with E-state index in [0.717, 1.165) is 29.3 Å². The van der Waals surface area contributed by atoms with Crippen LogP contribution in [0.2, 0.25) is 0 Å². The Bertz CT molecular complexity index is 622. The van der Waals surface area contributed by atoms with Crippen molar-refractivity contribution in [2.75, 3.05) is 11.9 Å². The van der Waals surface area contributed by atoms with Gasteiger partial charge in [-0.1, -0.05) is 15.9 Å². The molecule has 0 aliphatic heterocycles. The number of aromatic nitrogens is 1. The molecule has 112 valence electrons. The van der Waals surface area contributed by atoms with Crippen molar-refractivity contribution in [1.29, 1.82) is 0 Å². The van der Waals surface area contributed by atoms with Crippen molar-refractivity contribution < 1.29 is 0 Å². The molecule has 0 bridgehead atoms. The second-order valence-corrected chi connectivity index (χ2v) is 7.50. The lowest BCUT2D eigenvalue weighted by atomic mass is 10.1. The maximum Gasteiger partial charge on any atom is 0.0798 e. The van der Waals surface area contributed by atoms with E-state index in [1.807, 2.05) is 5.51 Å². The molecule has 1 aliphatic carbocycles. The van der Waals surface area contributed by atoms with E-state index < -0.39 is 0 Å². The van der Waals surface area contributed by atoms with Gasteiger partial charge in [-0.15, -0.1) is 11.3 Å². The number of hydrogen-bond donors (Lipinski definition) is 1. The average Bonchev–Trinajstić information content (AvgIpc) is 3.20. The molecular formula is C16H20BrN3S. The number of rotatable bonds is 6. The molecule has 1 fully saturated rings.